The van der Waals surface area contributed by atoms with Gasteiger partial charge in [0, 0.05) is 24.6 Å². The average molecular weight is 337 g/mol. The summed E-state index contributed by atoms with van der Waals surface area (Å²) in [6, 6.07) is 10.9. The molecule has 6 heteroatoms. The maximum Gasteiger partial charge on any atom is 0.260 e. The molecular weight excluding hydrogens is 320 g/mol. The number of likely N-dealkylation sites (N-methyl/N-ethyl adjacent to an activating group) is 1. The van der Waals surface area contributed by atoms with Crippen molar-refractivity contribution in [1.82, 2.24) is 4.90 Å². The Morgan fingerprint density at radius 2 is 1.87 bits per heavy atom. The van der Waals surface area contributed by atoms with E-state index in [2.05, 4.69) is 0 Å². The summed E-state index contributed by atoms with van der Waals surface area (Å²) in [5.74, 6) is -1.94. The summed E-state index contributed by atoms with van der Waals surface area (Å²) in [4.78, 5) is 14.7. The van der Waals surface area contributed by atoms with Gasteiger partial charge >= 0.3 is 0 Å². The van der Waals surface area contributed by atoms with Crippen LogP contribution in [0.1, 0.15) is 5.56 Å². The van der Waals surface area contributed by atoms with E-state index in [1.54, 1.807) is 18.8 Å². The summed E-state index contributed by atoms with van der Waals surface area (Å²) in [5.41, 5.74) is 0.992. The van der Waals surface area contributed by atoms with E-state index in [-0.39, 0.29) is 18.3 Å². The molecule has 3 nitrogen and oxygen atoms in total. The monoisotopic (exact) mass is 337 g/mol. The maximum atomic E-state index is 13.4. The summed E-state index contributed by atoms with van der Waals surface area (Å²) in [5, 5.41) is 0. The smallest absolute Gasteiger partial charge is 0.260 e. The van der Waals surface area contributed by atoms with Crippen LogP contribution < -0.4 is 4.74 Å². The number of rotatable bonds is 6. The van der Waals surface area contributed by atoms with Crippen LogP contribution in [0.3, 0.4) is 0 Å². The molecule has 122 valence electrons. The van der Waals surface area contributed by atoms with Crippen molar-refractivity contribution in [1.29, 1.82) is 0 Å². The van der Waals surface area contributed by atoms with E-state index in [4.69, 9.17) is 4.74 Å². The van der Waals surface area contributed by atoms with Crippen molar-refractivity contribution in [3.63, 3.8) is 0 Å². The number of carbonyl (C=O) groups is 1. The summed E-state index contributed by atoms with van der Waals surface area (Å²) < 4.78 is 31.3. The van der Waals surface area contributed by atoms with Gasteiger partial charge in [-0.3, -0.25) is 4.79 Å². The third-order valence-electron chi connectivity index (χ3n) is 3.25. The van der Waals surface area contributed by atoms with Gasteiger partial charge in [-0.05, 0) is 36.1 Å². The zero-order valence-electron chi connectivity index (χ0n) is 12.9. The van der Waals surface area contributed by atoms with E-state index in [1.807, 2.05) is 30.5 Å². The van der Waals surface area contributed by atoms with Crippen LogP contribution in [-0.2, 0) is 11.3 Å². The molecule has 0 saturated heterocycles. The largest absolute Gasteiger partial charge is 0.481 e. The second-order valence-electron chi connectivity index (χ2n) is 4.96. The SMILES string of the molecule is CSc1ccc(CN(C)C(=O)COc2ccc(F)cc2F)cc1. The number of halogens is 2. The highest BCUT2D eigenvalue weighted by atomic mass is 32.2. The standard InChI is InChI=1S/C17H17F2NO2S/c1-20(10-12-3-6-14(23-2)7-4-12)17(21)11-22-16-8-5-13(18)9-15(16)19/h3-9H,10-11H2,1-2H3. The fourth-order valence-electron chi connectivity index (χ4n) is 1.93. The molecule has 0 aromatic heterocycles. The maximum absolute atomic E-state index is 13.4. The van der Waals surface area contributed by atoms with Crippen LogP contribution in [-0.4, -0.2) is 30.7 Å². The molecule has 0 fully saturated rings. The minimum absolute atomic E-state index is 0.141. The second kappa shape index (κ2) is 7.97. The van der Waals surface area contributed by atoms with E-state index in [0.29, 0.717) is 6.54 Å². The van der Waals surface area contributed by atoms with Crippen molar-refractivity contribution in [2.75, 3.05) is 19.9 Å². The van der Waals surface area contributed by atoms with Gasteiger partial charge in [0.25, 0.3) is 5.91 Å². The Bertz CT molecular complexity index is 677. The van der Waals surface area contributed by atoms with Crippen LogP contribution in [0, 0.1) is 11.6 Å². The zero-order chi connectivity index (χ0) is 16.8. The number of hydrogen-bond donors (Lipinski definition) is 0. The Morgan fingerprint density at radius 3 is 2.48 bits per heavy atom. The molecule has 0 heterocycles. The Balaban J connectivity index is 1.89. The first kappa shape index (κ1) is 17.3. The minimum atomic E-state index is -0.826. The van der Waals surface area contributed by atoms with Crippen LogP contribution in [0.25, 0.3) is 0 Å². The highest BCUT2D eigenvalue weighted by Gasteiger charge is 2.12. The molecule has 23 heavy (non-hydrogen) atoms. The predicted molar refractivity (Wildman–Crippen MR) is 86.6 cm³/mol. The third-order valence-corrected chi connectivity index (χ3v) is 3.99. The molecule has 0 aliphatic heterocycles. The molecule has 0 radical (unpaired) electrons. The van der Waals surface area contributed by atoms with Gasteiger partial charge in [0.1, 0.15) is 5.82 Å². The third kappa shape index (κ3) is 4.96. The van der Waals surface area contributed by atoms with E-state index in [9.17, 15) is 13.6 Å². The lowest BCUT2D eigenvalue weighted by Gasteiger charge is -2.18. The molecule has 0 spiro atoms. The van der Waals surface area contributed by atoms with E-state index >= 15 is 0 Å². The van der Waals surface area contributed by atoms with Crippen molar-refractivity contribution < 1.29 is 18.3 Å². The molecule has 0 aliphatic carbocycles. The van der Waals surface area contributed by atoms with Crippen LogP contribution in [0.2, 0.25) is 0 Å². The van der Waals surface area contributed by atoms with Gasteiger partial charge in [0.05, 0.1) is 0 Å². The van der Waals surface area contributed by atoms with E-state index < -0.39 is 11.6 Å². The molecule has 2 rings (SSSR count). The normalized spacial score (nSPS) is 10.4. The van der Waals surface area contributed by atoms with Crippen molar-refractivity contribution in [2.45, 2.75) is 11.4 Å². The summed E-state index contributed by atoms with van der Waals surface area (Å²) in [6.07, 6.45) is 2.00. The quantitative estimate of drug-likeness (QED) is 0.753. The van der Waals surface area contributed by atoms with Crippen molar-refractivity contribution >= 4 is 17.7 Å². The summed E-state index contributed by atoms with van der Waals surface area (Å²) in [7, 11) is 1.65. The molecule has 0 unspecified atom stereocenters. The van der Waals surface area contributed by atoms with Gasteiger partial charge in [-0.2, -0.15) is 0 Å². The number of carbonyl (C=O) groups excluding carboxylic acids is 1. The number of nitrogens with zero attached hydrogens (tertiary/aromatic N) is 1. The number of benzene rings is 2. The Kier molecular flexibility index (Phi) is 5.98. The van der Waals surface area contributed by atoms with Gasteiger partial charge < -0.3 is 9.64 Å². The van der Waals surface area contributed by atoms with Gasteiger partial charge in [-0.1, -0.05) is 12.1 Å². The van der Waals surface area contributed by atoms with Crippen LogP contribution in [0.5, 0.6) is 5.75 Å². The number of ether oxygens (including phenoxy) is 1. The zero-order valence-corrected chi connectivity index (χ0v) is 13.7. The second-order valence-corrected chi connectivity index (χ2v) is 5.84. The van der Waals surface area contributed by atoms with Crippen molar-refractivity contribution in [3.8, 4) is 5.75 Å². The summed E-state index contributed by atoms with van der Waals surface area (Å²) >= 11 is 1.65. The van der Waals surface area contributed by atoms with Crippen LogP contribution in [0.15, 0.2) is 47.4 Å². The average Bonchev–Trinajstić information content (AvgIpc) is 2.54. The lowest BCUT2D eigenvalue weighted by atomic mass is 10.2. The predicted octanol–water partition coefficient (Wildman–Crippen LogP) is 3.72. The van der Waals surface area contributed by atoms with Gasteiger partial charge in [-0.25, -0.2) is 8.78 Å². The summed E-state index contributed by atoms with van der Waals surface area (Å²) in [6.45, 7) is 0.130. The van der Waals surface area contributed by atoms with E-state index in [1.165, 1.54) is 11.0 Å². The highest BCUT2D eigenvalue weighted by molar-refractivity contribution is 7.98. The number of amides is 1. The molecular formula is C17H17F2NO2S. The highest BCUT2D eigenvalue weighted by Crippen LogP contribution is 2.18. The van der Waals surface area contributed by atoms with Crippen molar-refractivity contribution in [2.24, 2.45) is 0 Å². The molecule has 0 aliphatic rings. The molecule has 0 bridgehead atoms. The van der Waals surface area contributed by atoms with Crippen molar-refractivity contribution in [3.05, 3.63) is 59.7 Å². The lowest BCUT2D eigenvalue weighted by molar-refractivity contribution is -0.132. The molecule has 2 aromatic carbocycles. The minimum Gasteiger partial charge on any atom is -0.481 e. The Morgan fingerprint density at radius 1 is 1.17 bits per heavy atom. The molecule has 0 atom stereocenters. The molecule has 2 aromatic rings. The number of thioether (sulfide) groups is 1. The van der Waals surface area contributed by atoms with E-state index in [0.717, 1.165) is 22.6 Å². The van der Waals surface area contributed by atoms with Gasteiger partial charge in [0.15, 0.2) is 18.2 Å². The Labute approximate surface area is 138 Å². The number of hydrogen-bond acceptors (Lipinski definition) is 3. The van der Waals surface area contributed by atoms with Gasteiger partial charge in [0.2, 0.25) is 0 Å². The Hall–Kier alpha value is -2.08. The van der Waals surface area contributed by atoms with Gasteiger partial charge in [-0.15, -0.1) is 11.8 Å². The first-order valence-electron chi connectivity index (χ1n) is 6.94. The molecule has 1 amide bonds. The lowest BCUT2D eigenvalue weighted by Crippen LogP contribution is -2.31. The molecule has 0 saturated carbocycles. The first-order valence-corrected chi connectivity index (χ1v) is 8.17. The topological polar surface area (TPSA) is 29.5 Å². The molecule has 0 N–H and O–H groups in total. The fourth-order valence-corrected chi connectivity index (χ4v) is 2.34. The fraction of sp³-hybridized carbons (Fsp3) is 0.235. The first-order chi connectivity index (χ1) is 11.0. The van der Waals surface area contributed by atoms with Crippen LogP contribution in [0.4, 0.5) is 8.78 Å². The van der Waals surface area contributed by atoms with Crippen LogP contribution >= 0.6 is 11.8 Å².